The summed E-state index contributed by atoms with van der Waals surface area (Å²) in [4.78, 5) is 22.7. The van der Waals surface area contributed by atoms with Gasteiger partial charge >= 0.3 is 0 Å². The quantitative estimate of drug-likeness (QED) is 0.898. The molecule has 0 atom stereocenters. The Hall–Kier alpha value is -2.56. The summed E-state index contributed by atoms with van der Waals surface area (Å²) in [6.45, 7) is 3.80. The number of furan rings is 1. The van der Waals surface area contributed by atoms with E-state index in [1.807, 2.05) is 31.2 Å². The molecule has 2 rings (SSSR count). The van der Waals surface area contributed by atoms with Crippen LogP contribution in [-0.4, -0.2) is 11.8 Å². The third kappa shape index (κ3) is 3.71. The van der Waals surface area contributed by atoms with Gasteiger partial charge in [-0.15, -0.1) is 0 Å². The Balaban J connectivity index is 1.95. The minimum Gasteiger partial charge on any atom is -0.435 e. The SMILES string of the molecule is CC(=O)Nc1ccc(C(=O)NCc2cccc(C)c2)o1. The van der Waals surface area contributed by atoms with Crippen molar-refractivity contribution in [3.63, 3.8) is 0 Å². The number of aryl methyl sites for hydroxylation is 1. The monoisotopic (exact) mass is 272 g/mol. The molecule has 0 saturated heterocycles. The van der Waals surface area contributed by atoms with Crippen LogP contribution in [0.1, 0.15) is 28.6 Å². The molecule has 0 spiro atoms. The van der Waals surface area contributed by atoms with Crippen LogP contribution in [0.25, 0.3) is 0 Å². The predicted octanol–water partition coefficient (Wildman–Crippen LogP) is 2.48. The molecule has 2 amide bonds. The summed E-state index contributed by atoms with van der Waals surface area (Å²) in [6.07, 6.45) is 0. The van der Waals surface area contributed by atoms with Gasteiger partial charge in [0.2, 0.25) is 5.91 Å². The van der Waals surface area contributed by atoms with Gasteiger partial charge in [-0.2, -0.15) is 0 Å². The van der Waals surface area contributed by atoms with E-state index in [1.54, 1.807) is 6.07 Å². The van der Waals surface area contributed by atoms with E-state index < -0.39 is 0 Å². The minimum atomic E-state index is -0.317. The molecule has 20 heavy (non-hydrogen) atoms. The largest absolute Gasteiger partial charge is 0.435 e. The zero-order chi connectivity index (χ0) is 14.5. The average Bonchev–Trinajstić information content (AvgIpc) is 2.84. The van der Waals surface area contributed by atoms with Crippen molar-refractivity contribution in [3.05, 3.63) is 53.3 Å². The van der Waals surface area contributed by atoms with Crippen molar-refractivity contribution in [2.45, 2.75) is 20.4 Å². The zero-order valence-corrected chi connectivity index (χ0v) is 11.4. The van der Waals surface area contributed by atoms with Gasteiger partial charge in [0.15, 0.2) is 11.6 Å². The van der Waals surface area contributed by atoms with Crippen LogP contribution in [0.2, 0.25) is 0 Å². The third-order valence-electron chi connectivity index (χ3n) is 2.66. The molecule has 0 aliphatic rings. The number of hydrogen-bond acceptors (Lipinski definition) is 3. The van der Waals surface area contributed by atoms with Gasteiger partial charge in [-0.05, 0) is 18.6 Å². The van der Waals surface area contributed by atoms with Gasteiger partial charge in [0, 0.05) is 19.5 Å². The minimum absolute atomic E-state index is 0.168. The van der Waals surface area contributed by atoms with Crippen molar-refractivity contribution in [1.29, 1.82) is 0 Å². The maximum atomic E-state index is 11.9. The van der Waals surface area contributed by atoms with E-state index in [-0.39, 0.29) is 23.5 Å². The highest BCUT2D eigenvalue weighted by molar-refractivity contribution is 5.93. The molecule has 2 N–H and O–H groups in total. The van der Waals surface area contributed by atoms with Crippen molar-refractivity contribution in [3.8, 4) is 0 Å². The second kappa shape index (κ2) is 6.06. The molecular weight excluding hydrogens is 256 g/mol. The molecule has 0 bridgehead atoms. The molecular formula is C15H16N2O3. The Labute approximate surface area is 117 Å². The van der Waals surface area contributed by atoms with Crippen LogP contribution in [0.5, 0.6) is 0 Å². The summed E-state index contributed by atoms with van der Waals surface area (Å²) in [5, 5.41) is 5.24. The van der Waals surface area contributed by atoms with Crippen molar-refractivity contribution < 1.29 is 14.0 Å². The van der Waals surface area contributed by atoms with E-state index in [4.69, 9.17) is 4.42 Å². The van der Waals surface area contributed by atoms with Gasteiger partial charge < -0.3 is 9.73 Å². The maximum absolute atomic E-state index is 11.9. The summed E-state index contributed by atoms with van der Waals surface area (Å²) in [5.41, 5.74) is 2.16. The van der Waals surface area contributed by atoms with Crippen LogP contribution in [0, 0.1) is 6.92 Å². The Kier molecular flexibility index (Phi) is 4.20. The molecule has 0 fully saturated rings. The highest BCUT2D eigenvalue weighted by atomic mass is 16.4. The molecule has 5 heteroatoms. The number of carbonyl (C=O) groups excluding carboxylic acids is 2. The fourth-order valence-corrected chi connectivity index (χ4v) is 1.79. The Bertz CT molecular complexity index is 632. The number of nitrogens with one attached hydrogen (secondary N) is 2. The molecule has 1 aromatic heterocycles. The fraction of sp³-hybridized carbons (Fsp3) is 0.200. The van der Waals surface area contributed by atoms with Gasteiger partial charge in [-0.3, -0.25) is 14.9 Å². The van der Waals surface area contributed by atoms with Crippen LogP contribution in [0.15, 0.2) is 40.8 Å². The topological polar surface area (TPSA) is 71.3 Å². The van der Waals surface area contributed by atoms with Crippen LogP contribution in [-0.2, 0) is 11.3 Å². The maximum Gasteiger partial charge on any atom is 0.287 e. The molecule has 0 radical (unpaired) electrons. The van der Waals surface area contributed by atoms with Crippen molar-refractivity contribution in [2.24, 2.45) is 0 Å². The number of benzene rings is 1. The van der Waals surface area contributed by atoms with E-state index in [2.05, 4.69) is 10.6 Å². The summed E-state index contributed by atoms with van der Waals surface area (Å²) in [5.74, 6) is -0.131. The Morgan fingerprint density at radius 3 is 2.70 bits per heavy atom. The molecule has 104 valence electrons. The number of anilines is 1. The van der Waals surface area contributed by atoms with Crippen LogP contribution in [0.3, 0.4) is 0 Å². The van der Waals surface area contributed by atoms with Gasteiger partial charge in [0.05, 0.1) is 0 Å². The normalized spacial score (nSPS) is 10.1. The van der Waals surface area contributed by atoms with Crippen LogP contribution in [0.4, 0.5) is 5.88 Å². The first-order valence-electron chi connectivity index (χ1n) is 6.26. The number of hydrogen-bond donors (Lipinski definition) is 2. The van der Waals surface area contributed by atoms with Gasteiger partial charge in [0.1, 0.15) is 0 Å². The van der Waals surface area contributed by atoms with Crippen LogP contribution < -0.4 is 10.6 Å². The van der Waals surface area contributed by atoms with Crippen molar-refractivity contribution in [2.75, 3.05) is 5.32 Å². The third-order valence-corrected chi connectivity index (χ3v) is 2.66. The second-order valence-corrected chi connectivity index (χ2v) is 4.52. The highest BCUT2D eigenvalue weighted by Crippen LogP contribution is 2.13. The van der Waals surface area contributed by atoms with E-state index in [1.165, 1.54) is 13.0 Å². The van der Waals surface area contributed by atoms with E-state index in [0.717, 1.165) is 11.1 Å². The smallest absolute Gasteiger partial charge is 0.287 e. The van der Waals surface area contributed by atoms with Crippen molar-refractivity contribution in [1.82, 2.24) is 5.32 Å². The standard InChI is InChI=1S/C15H16N2O3/c1-10-4-3-5-12(8-10)9-16-15(19)13-6-7-14(20-13)17-11(2)18/h3-8H,9H2,1-2H3,(H,16,19)(H,17,18). The summed E-state index contributed by atoms with van der Waals surface area (Å²) in [6, 6.07) is 11.0. The molecule has 0 saturated carbocycles. The summed E-state index contributed by atoms with van der Waals surface area (Å²) >= 11 is 0. The van der Waals surface area contributed by atoms with Gasteiger partial charge in [-0.1, -0.05) is 29.8 Å². The molecule has 0 aliphatic carbocycles. The lowest BCUT2D eigenvalue weighted by atomic mass is 10.1. The first-order valence-corrected chi connectivity index (χ1v) is 6.26. The molecule has 2 aromatic rings. The van der Waals surface area contributed by atoms with Crippen molar-refractivity contribution >= 4 is 17.7 Å². The Morgan fingerprint density at radius 1 is 1.20 bits per heavy atom. The highest BCUT2D eigenvalue weighted by Gasteiger charge is 2.11. The summed E-state index contributed by atoms with van der Waals surface area (Å²) in [7, 11) is 0. The second-order valence-electron chi connectivity index (χ2n) is 4.52. The molecule has 0 aliphatic heterocycles. The van der Waals surface area contributed by atoms with E-state index in [0.29, 0.717) is 6.54 Å². The lowest BCUT2D eigenvalue weighted by molar-refractivity contribution is -0.114. The molecule has 5 nitrogen and oxygen atoms in total. The lowest BCUT2D eigenvalue weighted by Gasteiger charge is -2.04. The first-order chi connectivity index (χ1) is 9.54. The number of amides is 2. The van der Waals surface area contributed by atoms with Crippen LogP contribution >= 0.6 is 0 Å². The number of rotatable bonds is 4. The molecule has 1 aromatic carbocycles. The zero-order valence-electron chi connectivity index (χ0n) is 11.4. The van der Waals surface area contributed by atoms with Gasteiger partial charge in [-0.25, -0.2) is 0 Å². The lowest BCUT2D eigenvalue weighted by Crippen LogP contribution is -2.22. The predicted molar refractivity (Wildman–Crippen MR) is 75.4 cm³/mol. The van der Waals surface area contributed by atoms with Gasteiger partial charge in [0.25, 0.3) is 5.91 Å². The molecule has 1 heterocycles. The fourth-order valence-electron chi connectivity index (χ4n) is 1.79. The summed E-state index contributed by atoms with van der Waals surface area (Å²) < 4.78 is 5.22. The number of carbonyl (C=O) groups is 2. The molecule has 0 unspecified atom stereocenters. The Morgan fingerprint density at radius 2 is 2.00 bits per heavy atom. The van der Waals surface area contributed by atoms with E-state index in [9.17, 15) is 9.59 Å². The average molecular weight is 272 g/mol. The van der Waals surface area contributed by atoms with E-state index >= 15 is 0 Å². The first kappa shape index (κ1) is 13.9.